The van der Waals surface area contributed by atoms with Gasteiger partial charge in [-0.15, -0.1) is 0 Å². The molecule has 0 aliphatic carbocycles. The lowest BCUT2D eigenvalue weighted by atomic mass is 9.83. The lowest BCUT2D eigenvalue weighted by molar-refractivity contribution is -0.161. The fourth-order valence-electron chi connectivity index (χ4n) is 10.0. The molecule has 4 bridgehead atoms. The van der Waals surface area contributed by atoms with E-state index >= 15 is 0 Å². The number of allylic oxidation sites excluding steroid dienone is 3. The van der Waals surface area contributed by atoms with Gasteiger partial charge in [0.15, 0.2) is 5.72 Å². The summed E-state index contributed by atoms with van der Waals surface area (Å²) in [4.78, 5) is 122. The number of nitrogens with two attached hydrogens (primary N) is 1. The SMILES string of the molecule is COc1cc2cc(c1Cl)N(C)C(=O)C[C@H](OC(=O)[C@H](C)N(C)C(=O)c1ccc(NC(=O)C(CCCNC(N)=O)NC(=O)CNC(=O)CCCCC(C)(C)OC(=O)C(CBr)CBr)cc1)[C@]1(C)OC1[C@H](C)C1C[C@@](O)(NC(=O)O1)[C@H](OC)/C=C/C=C(\C)C2. The van der Waals surface area contributed by atoms with Gasteiger partial charge in [-0.1, -0.05) is 74.2 Å². The molecule has 0 spiro atoms. The fourth-order valence-corrected chi connectivity index (χ4v) is 11.9. The van der Waals surface area contributed by atoms with Crippen LogP contribution < -0.4 is 42.0 Å². The Morgan fingerprint density at radius 2 is 1.70 bits per heavy atom. The summed E-state index contributed by atoms with van der Waals surface area (Å²) in [6.07, 6.45) is 2.00. The number of esters is 2. The summed E-state index contributed by atoms with van der Waals surface area (Å²) in [6.45, 7) is 10.0. The summed E-state index contributed by atoms with van der Waals surface area (Å²) in [7, 11) is 5.77. The third kappa shape index (κ3) is 19.3. The number of benzene rings is 2. The Morgan fingerprint density at radius 1 is 1.01 bits per heavy atom. The first kappa shape index (κ1) is 70.4. The Hall–Kier alpha value is -6.32. The van der Waals surface area contributed by atoms with Crippen LogP contribution >= 0.6 is 43.5 Å². The number of alkyl carbamates (subject to hydrolysis) is 1. The van der Waals surface area contributed by atoms with Gasteiger partial charge >= 0.3 is 24.1 Å². The maximum Gasteiger partial charge on any atom is 0.409 e. The van der Waals surface area contributed by atoms with Crippen LogP contribution in [0.5, 0.6) is 5.75 Å². The van der Waals surface area contributed by atoms with E-state index < -0.39 is 120 Å². The van der Waals surface area contributed by atoms with Crippen molar-refractivity contribution in [3.8, 4) is 5.75 Å². The van der Waals surface area contributed by atoms with E-state index in [0.29, 0.717) is 47.8 Å². The van der Waals surface area contributed by atoms with E-state index in [1.165, 1.54) is 64.4 Å². The molecule has 27 heteroatoms. The number of amides is 8. The van der Waals surface area contributed by atoms with Crippen molar-refractivity contribution in [1.82, 2.24) is 26.2 Å². The Bertz CT molecular complexity index is 2860. The zero-order chi connectivity index (χ0) is 63.8. The molecule has 2 saturated heterocycles. The van der Waals surface area contributed by atoms with Crippen LogP contribution in [0.25, 0.3) is 0 Å². The highest BCUT2D eigenvalue weighted by molar-refractivity contribution is 9.09. The Labute approximate surface area is 523 Å². The number of hydrogen-bond acceptors (Lipinski definition) is 16. The van der Waals surface area contributed by atoms with Crippen molar-refractivity contribution >= 4 is 108 Å². The van der Waals surface area contributed by atoms with Crippen LogP contribution in [-0.2, 0) is 58.9 Å². The van der Waals surface area contributed by atoms with E-state index in [4.69, 9.17) is 45.8 Å². The van der Waals surface area contributed by atoms with Crippen LogP contribution in [0.3, 0.4) is 0 Å². The number of nitrogens with one attached hydrogen (secondary N) is 5. The summed E-state index contributed by atoms with van der Waals surface area (Å²) in [6, 6.07) is 6.09. The maximum atomic E-state index is 14.5. The van der Waals surface area contributed by atoms with Gasteiger partial charge in [0.2, 0.25) is 23.6 Å². The highest BCUT2D eigenvalue weighted by Gasteiger charge is 2.64. The number of nitrogens with zero attached hydrogens (tertiary/aromatic N) is 2. The molecule has 9 atom stereocenters. The first-order valence-corrected chi connectivity index (χ1v) is 30.8. The Balaban J connectivity index is 1.27. The lowest BCUT2D eigenvalue weighted by Gasteiger charge is -2.42. The van der Waals surface area contributed by atoms with Crippen molar-refractivity contribution in [2.45, 2.75) is 153 Å². The first-order chi connectivity index (χ1) is 40.5. The second kappa shape index (κ2) is 31.5. The van der Waals surface area contributed by atoms with Crippen LogP contribution in [0, 0.1) is 11.8 Å². The predicted molar refractivity (Wildman–Crippen MR) is 327 cm³/mol. The van der Waals surface area contributed by atoms with Gasteiger partial charge in [-0.2, -0.15) is 0 Å². The zero-order valence-electron chi connectivity index (χ0n) is 50.2. The molecule has 0 radical (unpaired) electrons. The first-order valence-electron chi connectivity index (χ1n) is 28.2. The molecule has 2 aromatic carbocycles. The molecule has 2 aromatic rings. The Morgan fingerprint density at radius 3 is 2.34 bits per heavy atom. The summed E-state index contributed by atoms with van der Waals surface area (Å²) in [5.74, 6) is -4.72. The molecule has 2 fully saturated rings. The number of carbonyl (C=O) groups excluding carboxylic acids is 9. The molecule has 24 nitrogen and oxygen atoms in total. The minimum absolute atomic E-state index is 0.0602. The molecule has 8 amide bonds. The molecule has 474 valence electrons. The van der Waals surface area contributed by atoms with E-state index in [1.807, 2.05) is 13.0 Å². The molecular formula is C59H81Br2ClN8O16. The van der Waals surface area contributed by atoms with Crippen molar-refractivity contribution in [1.29, 1.82) is 0 Å². The smallest absolute Gasteiger partial charge is 0.409 e. The number of unbranched alkanes of at least 4 members (excludes halogenated alkanes) is 1. The summed E-state index contributed by atoms with van der Waals surface area (Å²) in [5.41, 5.74) is 3.48. The number of fused-ring (bicyclic) bond motifs is 5. The van der Waals surface area contributed by atoms with Crippen molar-refractivity contribution in [2.24, 2.45) is 17.6 Å². The van der Waals surface area contributed by atoms with E-state index in [2.05, 4.69) is 58.4 Å². The molecule has 3 aliphatic rings. The number of likely N-dealkylation sites (N-methyl/N-ethyl adjacent to an activating group) is 1. The molecule has 3 unspecified atom stereocenters. The van der Waals surface area contributed by atoms with Gasteiger partial charge in [0.25, 0.3) is 5.91 Å². The largest absolute Gasteiger partial charge is 0.495 e. The lowest BCUT2D eigenvalue weighted by Crippen LogP contribution is -2.63. The van der Waals surface area contributed by atoms with Gasteiger partial charge in [0.1, 0.15) is 52.4 Å². The average Bonchev–Trinajstić information content (AvgIpc) is 1.69. The number of halogens is 3. The number of alkyl halides is 2. The van der Waals surface area contributed by atoms with Gasteiger partial charge in [-0.3, -0.25) is 34.1 Å². The maximum absolute atomic E-state index is 14.5. The quantitative estimate of drug-likeness (QED) is 0.0205. The van der Waals surface area contributed by atoms with E-state index in [0.717, 1.165) is 16.0 Å². The number of rotatable bonds is 24. The van der Waals surface area contributed by atoms with Crippen LogP contribution in [0.1, 0.15) is 109 Å². The molecule has 3 heterocycles. The molecule has 0 saturated carbocycles. The van der Waals surface area contributed by atoms with Crippen molar-refractivity contribution in [3.63, 3.8) is 0 Å². The predicted octanol–water partition coefficient (Wildman–Crippen LogP) is 6.10. The van der Waals surface area contributed by atoms with E-state index in [-0.39, 0.29) is 60.4 Å². The minimum atomic E-state index is -1.91. The second-order valence-corrected chi connectivity index (χ2v) is 24.3. The third-order valence-electron chi connectivity index (χ3n) is 15.4. The van der Waals surface area contributed by atoms with Crippen LogP contribution in [-0.4, -0.2) is 169 Å². The summed E-state index contributed by atoms with van der Waals surface area (Å²) in [5, 5.41) is 25.8. The van der Waals surface area contributed by atoms with Gasteiger partial charge < -0.3 is 70.3 Å². The second-order valence-electron chi connectivity index (χ2n) is 22.6. The van der Waals surface area contributed by atoms with Crippen molar-refractivity contribution < 1.29 is 76.7 Å². The van der Waals surface area contributed by atoms with Crippen molar-refractivity contribution in [2.75, 3.05) is 62.3 Å². The van der Waals surface area contributed by atoms with Gasteiger partial charge in [-0.05, 0) is 115 Å². The normalized spacial score (nSPS) is 24.0. The molecule has 0 aromatic heterocycles. The van der Waals surface area contributed by atoms with Gasteiger partial charge in [-0.25, -0.2) is 14.4 Å². The average molecular weight is 1350 g/mol. The van der Waals surface area contributed by atoms with Gasteiger partial charge in [0.05, 0.1) is 37.8 Å². The highest BCUT2D eigenvalue weighted by Crippen LogP contribution is 2.49. The number of anilines is 2. The number of aliphatic hydroxyl groups is 1. The van der Waals surface area contributed by atoms with Gasteiger partial charge in [0, 0.05) is 68.4 Å². The monoisotopic (exact) mass is 1350 g/mol. The number of methoxy groups -OCH3 is 2. The topological polar surface area (TPSA) is 325 Å². The van der Waals surface area contributed by atoms with Crippen LogP contribution in [0.4, 0.5) is 21.0 Å². The summed E-state index contributed by atoms with van der Waals surface area (Å²) < 4.78 is 35.2. The number of hydrogen-bond donors (Lipinski definition) is 7. The van der Waals surface area contributed by atoms with Crippen molar-refractivity contribution in [3.05, 3.63) is 76.3 Å². The third-order valence-corrected chi connectivity index (χ3v) is 17.4. The molecule has 3 aliphatic heterocycles. The van der Waals surface area contributed by atoms with E-state index in [9.17, 15) is 48.3 Å². The number of primary amides is 1. The minimum Gasteiger partial charge on any atom is -0.495 e. The Kier molecular flexibility index (Phi) is 25.8. The standard InChI is InChI=1S/C59H81Br2ClN8O16/c1-33-15-13-17-44(82-10)59(80)29-43(83-56(79)68-59)34(2)50-58(6,85-50)45(28-48(73)70(8)41-26-36(25-33)27-42(81-9)49(41)62)84-53(76)35(3)69(7)52(75)37-19-21-39(22-20-37)66-51(74)40(16-14-24-64-55(63)78)67-47(72)32-65-46(71)18-11-12-23-57(4,5)86-54(77)38(30-60)31-61/h13,15,17,19-22,26-27,34-35,38,40,43-45,50,80H,11-12,14,16,18,23-25,28-32H2,1-10H3,(H,65,71)(H,66,74)(H,67,72)(H,68,79)(H3,63,64,78)/b17-13+,33-15+/t34-,35+,40?,43?,44-,45+,50?,58+,59+/m1/s1. The number of carbonyl (C=O) groups is 9. The number of urea groups is 1. The highest BCUT2D eigenvalue weighted by atomic mass is 79.9. The zero-order valence-corrected chi connectivity index (χ0v) is 54.1. The molecule has 8 N–H and O–H groups in total. The van der Waals surface area contributed by atoms with Crippen LogP contribution in [0.2, 0.25) is 5.02 Å². The number of ether oxygens (including phenoxy) is 6. The van der Waals surface area contributed by atoms with E-state index in [1.54, 1.807) is 52.0 Å². The number of epoxide rings is 1. The molecular weight excluding hydrogens is 1270 g/mol. The molecule has 5 rings (SSSR count). The van der Waals surface area contributed by atoms with Crippen LogP contribution in [0.15, 0.2) is 60.2 Å². The fraction of sp³-hybridized carbons (Fsp3) is 0.576. The summed E-state index contributed by atoms with van der Waals surface area (Å²) >= 11 is 13.5. The molecule has 86 heavy (non-hydrogen) atoms.